The van der Waals surface area contributed by atoms with Crippen LogP contribution in [0.1, 0.15) is 45.1 Å². The minimum Gasteiger partial charge on any atom is -0.468 e. The highest BCUT2D eigenvalue weighted by atomic mass is 19.1. The Labute approximate surface area is 213 Å². The predicted molar refractivity (Wildman–Crippen MR) is 133 cm³/mol. The van der Waals surface area contributed by atoms with E-state index in [-0.39, 0.29) is 18.6 Å². The SMILES string of the molecule is COC(=O)C1(C(=O)OC)Cc2c(C)c(C(C)=O)c(-c3ccc(F)cc3)c(C#Cc3ccc(F)cc3)c2C1. The normalized spacial score (nSPS) is 13.2. The molecule has 1 aliphatic carbocycles. The number of hydrogen-bond acceptors (Lipinski definition) is 5. The van der Waals surface area contributed by atoms with Gasteiger partial charge in [-0.25, -0.2) is 8.78 Å². The molecule has 0 unspecified atom stereocenters. The number of halogens is 2. The number of rotatable bonds is 4. The lowest BCUT2D eigenvalue weighted by molar-refractivity contribution is -0.168. The maximum Gasteiger partial charge on any atom is 0.323 e. The third kappa shape index (κ3) is 4.51. The van der Waals surface area contributed by atoms with E-state index in [1.807, 2.05) is 0 Å². The monoisotopic (exact) mass is 502 g/mol. The Hall–Kier alpha value is -4.31. The van der Waals surface area contributed by atoms with Gasteiger partial charge in [-0.3, -0.25) is 14.4 Å². The summed E-state index contributed by atoms with van der Waals surface area (Å²) in [6.45, 7) is 3.17. The van der Waals surface area contributed by atoms with Crippen LogP contribution in [0, 0.1) is 35.8 Å². The van der Waals surface area contributed by atoms with Gasteiger partial charge in [-0.15, -0.1) is 0 Å². The minimum atomic E-state index is -1.64. The average molecular weight is 503 g/mol. The summed E-state index contributed by atoms with van der Waals surface area (Å²) in [6.07, 6.45) is -0.0783. The van der Waals surface area contributed by atoms with E-state index in [9.17, 15) is 23.2 Å². The van der Waals surface area contributed by atoms with E-state index in [1.165, 1.54) is 57.5 Å². The highest BCUT2D eigenvalue weighted by Gasteiger charge is 2.54. The van der Waals surface area contributed by atoms with Crippen molar-refractivity contribution >= 4 is 17.7 Å². The van der Waals surface area contributed by atoms with Crippen LogP contribution >= 0.6 is 0 Å². The Morgan fingerprint density at radius 2 is 1.32 bits per heavy atom. The molecule has 0 saturated heterocycles. The molecule has 4 rings (SSSR count). The maximum atomic E-state index is 13.8. The van der Waals surface area contributed by atoms with Crippen LogP contribution in [0.4, 0.5) is 8.78 Å². The molecule has 3 aromatic carbocycles. The Morgan fingerprint density at radius 3 is 1.84 bits per heavy atom. The number of hydrogen-bond donors (Lipinski definition) is 0. The zero-order valence-electron chi connectivity index (χ0n) is 20.8. The fourth-order valence-corrected chi connectivity index (χ4v) is 5.01. The number of benzene rings is 3. The van der Waals surface area contributed by atoms with E-state index in [0.29, 0.717) is 44.5 Å². The lowest BCUT2D eigenvalue weighted by atomic mass is 9.83. The van der Waals surface area contributed by atoms with Gasteiger partial charge in [-0.1, -0.05) is 24.0 Å². The first-order chi connectivity index (χ1) is 17.6. The first-order valence-corrected chi connectivity index (χ1v) is 11.5. The highest BCUT2D eigenvalue weighted by Crippen LogP contribution is 2.46. The van der Waals surface area contributed by atoms with Gasteiger partial charge in [0.1, 0.15) is 11.6 Å². The molecule has 37 heavy (non-hydrogen) atoms. The number of carbonyl (C=O) groups excluding carboxylic acids is 3. The van der Waals surface area contributed by atoms with Gasteiger partial charge in [0.15, 0.2) is 11.2 Å². The summed E-state index contributed by atoms with van der Waals surface area (Å²) in [7, 11) is 2.39. The molecule has 0 bridgehead atoms. The zero-order valence-corrected chi connectivity index (χ0v) is 20.8. The van der Waals surface area contributed by atoms with Gasteiger partial charge in [0.25, 0.3) is 0 Å². The van der Waals surface area contributed by atoms with Gasteiger partial charge >= 0.3 is 11.9 Å². The molecule has 0 saturated carbocycles. The fourth-order valence-electron chi connectivity index (χ4n) is 5.01. The van der Waals surface area contributed by atoms with E-state index in [1.54, 1.807) is 19.1 Å². The van der Waals surface area contributed by atoms with Gasteiger partial charge in [0.05, 0.1) is 14.2 Å². The molecule has 7 heteroatoms. The number of Topliss-reactive ketones (excluding diaryl/α,β-unsaturated/α-hetero) is 1. The van der Waals surface area contributed by atoms with Crippen LogP contribution in [0.25, 0.3) is 11.1 Å². The molecule has 0 amide bonds. The lowest BCUT2D eigenvalue weighted by Crippen LogP contribution is -2.42. The third-order valence-electron chi connectivity index (χ3n) is 6.76. The summed E-state index contributed by atoms with van der Waals surface area (Å²) >= 11 is 0. The second-order valence-electron chi connectivity index (χ2n) is 8.95. The van der Waals surface area contributed by atoms with Crippen LogP contribution < -0.4 is 0 Å². The summed E-state index contributed by atoms with van der Waals surface area (Å²) in [5.74, 6) is 3.51. The molecule has 5 nitrogen and oxygen atoms in total. The Kier molecular flexibility index (Phi) is 6.95. The number of esters is 2. The number of fused-ring (bicyclic) bond motifs is 1. The Morgan fingerprint density at radius 1 is 0.811 bits per heavy atom. The van der Waals surface area contributed by atoms with Crippen LogP contribution in [0.5, 0.6) is 0 Å². The number of ether oxygens (including phenoxy) is 2. The molecule has 0 heterocycles. The van der Waals surface area contributed by atoms with Crippen molar-refractivity contribution < 1.29 is 32.6 Å². The summed E-state index contributed by atoms with van der Waals surface area (Å²) in [4.78, 5) is 38.9. The quantitative estimate of drug-likeness (QED) is 0.218. The van der Waals surface area contributed by atoms with Crippen LogP contribution in [-0.2, 0) is 31.9 Å². The van der Waals surface area contributed by atoms with Crippen molar-refractivity contribution in [1.82, 2.24) is 0 Å². The molecule has 0 N–H and O–H groups in total. The van der Waals surface area contributed by atoms with Gasteiger partial charge in [0, 0.05) is 35.1 Å². The molecular formula is C30H24F2O5. The first kappa shape index (κ1) is 25.8. The summed E-state index contributed by atoms with van der Waals surface area (Å²) in [6, 6.07) is 11.3. The summed E-state index contributed by atoms with van der Waals surface area (Å²) < 4.78 is 37.2. The second-order valence-corrected chi connectivity index (χ2v) is 8.95. The first-order valence-electron chi connectivity index (χ1n) is 11.5. The van der Waals surface area contributed by atoms with Crippen molar-refractivity contribution in [2.75, 3.05) is 14.2 Å². The van der Waals surface area contributed by atoms with E-state index >= 15 is 0 Å². The Balaban J connectivity index is 2.08. The number of carbonyl (C=O) groups is 3. The zero-order chi connectivity index (χ0) is 26.9. The molecule has 188 valence electrons. The molecule has 0 spiro atoms. The third-order valence-corrected chi connectivity index (χ3v) is 6.76. The van der Waals surface area contributed by atoms with E-state index in [4.69, 9.17) is 9.47 Å². The maximum absolute atomic E-state index is 13.8. The van der Waals surface area contributed by atoms with Crippen LogP contribution in [-0.4, -0.2) is 31.9 Å². The average Bonchev–Trinajstić information content (AvgIpc) is 3.31. The molecular weight excluding hydrogens is 478 g/mol. The predicted octanol–water partition coefficient (Wildman–Crippen LogP) is 4.97. The molecule has 0 aliphatic heterocycles. The van der Waals surface area contributed by atoms with Crippen molar-refractivity contribution in [3.05, 3.63) is 93.5 Å². The smallest absolute Gasteiger partial charge is 0.323 e. The summed E-state index contributed by atoms with van der Waals surface area (Å²) in [5, 5.41) is 0. The number of methoxy groups -OCH3 is 2. The van der Waals surface area contributed by atoms with Crippen molar-refractivity contribution in [3.63, 3.8) is 0 Å². The van der Waals surface area contributed by atoms with E-state index < -0.39 is 29.0 Å². The van der Waals surface area contributed by atoms with Crippen molar-refractivity contribution in [1.29, 1.82) is 0 Å². The topological polar surface area (TPSA) is 69.7 Å². The molecule has 3 aromatic rings. The molecule has 1 aliphatic rings. The minimum absolute atomic E-state index is 0.0251. The lowest BCUT2D eigenvalue weighted by Gasteiger charge is -2.22. The van der Waals surface area contributed by atoms with Gasteiger partial charge < -0.3 is 9.47 Å². The molecule has 0 radical (unpaired) electrons. The van der Waals surface area contributed by atoms with E-state index in [2.05, 4.69) is 11.8 Å². The standard InChI is InChI=1S/C30H24F2O5/c1-17-24-15-30(28(34)36-3,29(35)37-4)16-25(24)23(14-7-19-5-10-21(31)11-6-19)27(26(17)18(2)33)20-8-12-22(32)13-9-20/h5-6,8-13H,15-16H2,1-4H3. The van der Waals surface area contributed by atoms with Crippen LogP contribution in [0.2, 0.25) is 0 Å². The van der Waals surface area contributed by atoms with Gasteiger partial charge in [-0.2, -0.15) is 0 Å². The van der Waals surface area contributed by atoms with Crippen molar-refractivity contribution in [3.8, 4) is 23.0 Å². The highest BCUT2D eigenvalue weighted by molar-refractivity contribution is 6.06. The molecule has 0 fully saturated rings. The molecule has 0 atom stereocenters. The van der Waals surface area contributed by atoms with E-state index in [0.717, 1.165) is 0 Å². The van der Waals surface area contributed by atoms with Gasteiger partial charge in [-0.05, 0) is 72.5 Å². The Bertz CT molecular complexity index is 1460. The van der Waals surface area contributed by atoms with Crippen molar-refractivity contribution in [2.45, 2.75) is 26.7 Å². The van der Waals surface area contributed by atoms with Gasteiger partial charge in [0.2, 0.25) is 0 Å². The molecule has 0 aromatic heterocycles. The number of ketones is 1. The fraction of sp³-hybridized carbons (Fsp3) is 0.233. The van der Waals surface area contributed by atoms with Crippen LogP contribution in [0.15, 0.2) is 48.5 Å². The second kappa shape index (κ2) is 9.98. The van der Waals surface area contributed by atoms with Crippen LogP contribution in [0.3, 0.4) is 0 Å². The summed E-state index contributed by atoms with van der Waals surface area (Å²) in [5.41, 5.74) is 2.54. The van der Waals surface area contributed by atoms with Crippen molar-refractivity contribution in [2.24, 2.45) is 5.41 Å². The largest absolute Gasteiger partial charge is 0.468 e.